The Morgan fingerprint density at radius 1 is 1.06 bits per heavy atom. The van der Waals surface area contributed by atoms with Gasteiger partial charge in [-0.2, -0.15) is 0 Å². The van der Waals surface area contributed by atoms with Gasteiger partial charge in [-0.3, -0.25) is 9.59 Å². The zero-order chi connectivity index (χ0) is 23.9. The lowest BCUT2D eigenvalue weighted by Crippen LogP contribution is -2.38. The Kier molecular flexibility index (Phi) is 14.8. The van der Waals surface area contributed by atoms with Crippen LogP contribution in [0.3, 0.4) is 0 Å². The van der Waals surface area contributed by atoms with Crippen LogP contribution in [-0.4, -0.2) is 37.4 Å². The van der Waals surface area contributed by atoms with Crippen molar-refractivity contribution in [2.24, 2.45) is 17.3 Å². The molecule has 1 aliphatic rings. The van der Waals surface area contributed by atoms with Gasteiger partial charge in [0.2, 0.25) is 0 Å². The molecule has 31 heavy (non-hydrogen) atoms. The molecule has 0 N–H and O–H groups in total. The lowest BCUT2D eigenvalue weighted by atomic mass is 9.70. The molecule has 0 aliphatic heterocycles. The van der Waals surface area contributed by atoms with E-state index in [-0.39, 0.29) is 17.1 Å². The van der Waals surface area contributed by atoms with Gasteiger partial charge in [-0.1, -0.05) is 53.5 Å². The minimum Gasteiger partial charge on any atom is -0.462 e. The molecule has 5 heteroatoms. The van der Waals surface area contributed by atoms with Crippen molar-refractivity contribution in [3.63, 3.8) is 0 Å². The number of hydrogen-bond acceptors (Lipinski definition) is 5. The van der Waals surface area contributed by atoms with E-state index in [1.165, 1.54) is 19.3 Å². The second kappa shape index (κ2) is 15.4. The molecule has 1 saturated carbocycles. The topological polar surface area (TPSA) is 61.8 Å². The molecule has 0 radical (unpaired) electrons. The van der Waals surface area contributed by atoms with Crippen LogP contribution in [0.2, 0.25) is 0 Å². The molecule has 0 spiro atoms. The van der Waals surface area contributed by atoms with Crippen LogP contribution in [0.25, 0.3) is 0 Å². The summed E-state index contributed by atoms with van der Waals surface area (Å²) >= 11 is 0. The number of hydrogen-bond donors (Lipinski definition) is 0. The summed E-state index contributed by atoms with van der Waals surface area (Å²) in [5.41, 5.74) is -0.0268. The van der Waals surface area contributed by atoms with Crippen LogP contribution >= 0.6 is 0 Å². The third-order valence-corrected chi connectivity index (χ3v) is 6.22. The quantitative estimate of drug-likeness (QED) is 0.242. The van der Waals surface area contributed by atoms with E-state index >= 15 is 0 Å². The molecule has 0 aromatic rings. The molecule has 0 amide bonds. The summed E-state index contributed by atoms with van der Waals surface area (Å²) in [5.74, 6) is 1.16. The SMILES string of the molecule is C=CC(C)CCCC(C)(C)OC=O.CCC(COC1CCCCC1C(C)(C)C)OC=O. The van der Waals surface area contributed by atoms with Crippen LogP contribution in [0.4, 0.5) is 0 Å². The molecule has 0 bridgehead atoms. The second-order valence-electron chi connectivity index (χ2n) is 10.5. The van der Waals surface area contributed by atoms with Gasteiger partial charge in [0, 0.05) is 0 Å². The average Bonchev–Trinajstić information content (AvgIpc) is 2.70. The van der Waals surface area contributed by atoms with Gasteiger partial charge in [0.1, 0.15) is 11.7 Å². The van der Waals surface area contributed by atoms with Crippen molar-refractivity contribution in [1.82, 2.24) is 0 Å². The van der Waals surface area contributed by atoms with Gasteiger partial charge in [-0.15, -0.1) is 6.58 Å². The Morgan fingerprint density at radius 3 is 2.23 bits per heavy atom. The fourth-order valence-corrected chi connectivity index (χ4v) is 4.01. The number of allylic oxidation sites excluding steroid dienone is 1. The molecule has 0 aromatic heterocycles. The van der Waals surface area contributed by atoms with E-state index in [1.54, 1.807) is 0 Å². The zero-order valence-corrected chi connectivity index (χ0v) is 21.2. The van der Waals surface area contributed by atoms with Crippen molar-refractivity contribution in [1.29, 1.82) is 0 Å². The molecule has 1 rings (SSSR count). The van der Waals surface area contributed by atoms with E-state index in [0.717, 1.165) is 32.1 Å². The minimum atomic E-state index is -0.317. The predicted molar refractivity (Wildman–Crippen MR) is 127 cm³/mol. The Labute approximate surface area is 191 Å². The van der Waals surface area contributed by atoms with Crippen LogP contribution in [0.5, 0.6) is 0 Å². The highest BCUT2D eigenvalue weighted by molar-refractivity contribution is 5.38. The fourth-order valence-electron chi connectivity index (χ4n) is 4.01. The Hall–Kier alpha value is -1.36. The number of ether oxygens (including phenoxy) is 3. The van der Waals surface area contributed by atoms with Gasteiger partial charge >= 0.3 is 0 Å². The number of carbonyl (C=O) groups excluding carboxylic acids is 2. The lowest BCUT2D eigenvalue weighted by molar-refractivity contribution is -0.141. The van der Waals surface area contributed by atoms with Crippen LogP contribution in [0.1, 0.15) is 99.8 Å². The first-order valence-corrected chi connectivity index (χ1v) is 11.9. The molecule has 0 heterocycles. The standard InChI is InChI=1S/C15H28O3.C11H20O2/c1-5-12(18-11-16)10-17-14-9-7-6-8-13(14)15(2,3)4;1-5-10(2)7-6-8-11(3,4)13-9-12/h11-14H,5-10H2,1-4H3;5,9-10H,1,6-8H2,2-4H3. The summed E-state index contributed by atoms with van der Waals surface area (Å²) in [6, 6.07) is 0. The third kappa shape index (κ3) is 13.6. The molecule has 1 aliphatic carbocycles. The third-order valence-electron chi connectivity index (χ3n) is 6.22. The highest BCUT2D eigenvalue weighted by Gasteiger charge is 2.35. The maximum absolute atomic E-state index is 10.4. The molecule has 4 atom stereocenters. The van der Waals surface area contributed by atoms with E-state index in [0.29, 0.717) is 37.5 Å². The highest BCUT2D eigenvalue weighted by atomic mass is 16.6. The van der Waals surface area contributed by atoms with Crippen molar-refractivity contribution in [3.05, 3.63) is 12.7 Å². The van der Waals surface area contributed by atoms with Gasteiger partial charge < -0.3 is 14.2 Å². The molecular weight excluding hydrogens is 392 g/mol. The highest BCUT2D eigenvalue weighted by Crippen LogP contribution is 2.39. The van der Waals surface area contributed by atoms with Crippen molar-refractivity contribution in [2.75, 3.05) is 6.61 Å². The van der Waals surface area contributed by atoms with Crippen molar-refractivity contribution < 1.29 is 23.8 Å². The van der Waals surface area contributed by atoms with E-state index in [4.69, 9.17) is 14.2 Å². The van der Waals surface area contributed by atoms with Crippen LogP contribution in [-0.2, 0) is 23.8 Å². The first kappa shape index (κ1) is 29.6. The fraction of sp³-hybridized carbons (Fsp3) is 0.846. The Morgan fingerprint density at radius 2 is 1.71 bits per heavy atom. The van der Waals surface area contributed by atoms with Crippen molar-refractivity contribution in [3.8, 4) is 0 Å². The Bertz CT molecular complexity index is 495. The van der Waals surface area contributed by atoms with E-state index in [9.17, 15) is 9.59 Å². The molecule has 5 nitrogen and oxygen atoms in total. The van der Waals surface area contributed by atoms with Crippen molar-refractivity contribution in [2.45, 2.75) is 118 Å². The normalized spacial score (nSPS) is 21.1. The Balaban J connectivity index is 0.000000615. The largest absolute Gasteiger partial charge is 0.462 e. The van der Waals surface area contributed by atoms with Crippen LogP contribution < -0.4 is 0 Å². The summed E-state index contributed by atoms with van der Waals surface area (Å²) in [4.78, 5) is 20.5. The van der Waals surface area contributed by atoms with Gasteiger partial charge in [0.25, 0.3) is 12.9 Å². The first-order valence-electron chi connectivity index (χ1n) is 11.9. The maximum Gasteiger partial charge on any atom is 0.293 e. The lowest BCUT2D eigenvalue weighted by Gasteiger charge is -2.40. The zero-order valence-electron chi connectivity index (χ0n) is 21.2. The summed E-state index contributed by atoms with van der Waals surface area (Å²) in [5, 5.41) is 0. The molecule has 0 aromatic carbocycles. The van der Waals surface area contributed by atoms with Gasteiger partial charge in [-0.05, 0) is 69.6 Å². The van der Waals surface area contributed by atoms with E-state index in [1.807, 2.05) is 26.8 Å². The summed E-state index contributed by atoms with van der Waals surface area (Å²) in [6.45, 7) is 20.2. The summed E-state index contributed by atoms with van der Waals surface area (Å²) < 4.78 is 16.0. The molecule has 182 valence electrons. The monoisotopic (exact) mass is 440 g/mol. The number of rotatable bonds is 13. The van der Waals surface area contributed by atoms with Gasteiger partial charge in [0.05, 0.1) is 12.7 Å². The van der Waals surface area contributed by atoms with Crippen LogP contribution in [0, 0.1) is 17.3 Å². The first-order chi connectivity index (χ1) is 14.5. The summed E-state index contributed by atoms with van der Waals surface area (Å²) in [6.07, 6.45) is 11.0. The van der Waals surface area contributed by atoms with Crippen molar-refractivity contribution >= 4 is 12.9 Å². The number of carbonyl (C=O) groups is 2. The average molecular weight is 441 g/mol. The molecule has 0 saturated heterocycles. The minimum absolute atomic E-state index is 0.0926. The van der Waals surface area contributed by atoms with Gasteiger partial charge in [0.15, 0.2) is 0 Å². The van der Waals surface area contributed by atoms with Gasteiger partial charge in [-0.25, -0.2) is 0 Å². The maximum atomic E-state index is 10.4. The van der Waals surface area contributed by atoms with E-state index < -0.39 is 0 Å². The molecule has 4 unspecified atom stereocenters. The van der Waals surface area contributed by atoms with Crippen LogP contribution in [0.15, 0.2) is 12.7 Å². The predicted octanol–water partition coefficient (Wildman–Crippen LogP) is 6.49. The molecule has 1 fully saturated rings. The smallest absolute Gasteiger partial charge is 0.293 e. The van der Waals surface area contributed by atoms with E-state index in [2.05, 4.69) is 34.3 Å². The molecular formula is C26H48O5. The summed E-state index contributed by atoms with van der Waals surface area (Å²) in [7, 11) is 0. The second-order valence-corrected chi connectivity index (χ2v) is 10.5.